The zero-order valence-electron chi connectivity index (χ0n) is 12.0. The van der Waals surface area contributed by atoms with Crippen LogP contribution in [0.25, 0.3) is 0 Å². The Kier molecular flexibility index (Phi) is 6.65. The second-order valence-electron chi connectivity index (χ2n) is 5.78. The van der Waals surface area contributed by atoms with E-state index in [1.165, 1.54) is 44.9 Å². The van der Waals surface area contributed by atoms with Crippen molar-refractivity contribution in [2.75, 3.05) is 19.7 Å². The molecule has 19 heavy (non-hydrogen) atoms. The van der Waals surface area contributed by atoms with Crippen LogP contribution < -0.4 is 10.6 Å². The van der Waals surface area contributed by atoms with Crippen LogP contribution in [0, 0.1) is 0 Å². The van der Waals surface area contributed by atoms with Gasteiger partial charge >= 0.3 is 0 Å². The van der Waals surface area contributed by atoms with Crippen molar-refractivity contribution in [1.29, 1.82) is 0 Å². The van der Waals surface area contributed by atoms with E-state index in [4.69, 9.17) is 4.74 Å². The van der Waals surface area contributed by atoms with Gasteiger partial charge < -0.3 is 15.4 Å². The van der Waals surface area contributed by atoms with Crippen LogP contribution >= 0.6 is 0 Å². The van der Waals surface area contributed by atoms with Crippen molar-refractivity contribution in [3.63, 3.8) is 0 Å². The lowest BCUT2D eigenvalue weighted by molar-refractivity contribution is -0.123. The average Bonchev–Trinajstić information content (AvgIpc) is 2.73. The summed E-state index contributed by atoms with van der Waals surface area (Å²) in [6.07, 6.45) is 11.3. The number of ether oxygens (including phenoxy) is 1. The predicted molar refractivity (Wildman–Crippen MR) is 76.1 cm³/mol. The summed E-state index contributed by atoms with van der Waals surface area (Å²) in [5.74, 6) is 0.147. The molecule has 0 aromatic rings. The van der Waals surface area contributed by atoms with Gasteiger partial charge in [-0.3, -0.25) is 4.79 Å². The lowest BCUT2D eigenvalue weighted by Gasteiger charge is -2.22. The maximum absolute atomic E-state index is 12.0. The standard InChI is InChI=1S/C15H28N2O2/c18-15(14-9-5-2-6-10-16-14)17-11-12-19-13-7-3-1-4-8-13/h13-14,16H,1-12H2,(H,17,18). The molecule has 0 aromatic heterocycles. The summed E-state index contributed by atoms with van der Waals surface area (Å²) in [4.78, 5) is 12.0. The third kappa shape index (κ3) is 5.49. The van der Waals surface area contributed by atoms with Crippen molar-refractivity contribution in [1.82, 2.24) is 10.6 Å². The first-order chi connectivity index (χ1) is 9.36. The van der Waals surface area contributed by atoms with Crippen LogP contribution in [0.2, 0.25) is 0 Å². The molecule has 2 aliphatic rings. The van der Waals surface area contributed by atoms with Crippen LogP contribution in [0.4, 0.5) is 0 Å². The third-order valence-electron chi connectivity index (χ3n) is 4.18. The van der Waals surface area contributed by atoms with E-state index in [0.29, 0.717) is 19.3 Å². The Hall–Kier alpha value is -0.610. The normalized spacial score (nSPS) is 25.8. The Morgan fingerprint density at radius 2 is 1.79 bits per heavy atom. The molecule has 1 aliphatic heterocycles. The zero-order chi connectivity index (χ0) is 13.3. The van der Waals surface area contributed by atoms with Crippen molar-refractivity contribution >= 4 is 5.91 Å². The van der Waals surface area contributed by atoms with E-state index < -0.39 is 0 Å². The van der Waals surface area contributed by atoms with Crippen molar-refractivity contribution in [3.8, 4) is 0 Å². The number of amides is 1. The quantitative estimate of drug-likeness (QED) is 0.750. The molecule has 0 bridgehead atoms. The molecule has 4 nitrogen and oxygen atoms in total. The summed E-state index contributed by atoms with van der Waals surface area (Å²) >= 11 is 0. The molecule has 1 amide bonds. The van der Waals surface area contributed by atoms with Gasteiger partial charge in [0, 0.05) is 6.54 Å². The Labute approximate surface area is 116 Å². The molecule has 0 spiro atoms. The maximum atomic E-state index is 12.0. The first kappa shape index (κ1) is 14.8. The van der Waals surface area contributed by atoms with E-state index in [1.807, 2.05) is 0 Å². The van der Waals surface area contributed by atoms with E-state index in [2.05, 4.69) is 10.6 Å². The van der Waals surface area contributed by atoms with Crippen LogP contribution in [0.1, 0.15) is 57.8 Å². The molecule has 0 radical (unpaired) electrons. The van der Waals surface area contributed by atoms with Gasteiger partial charge in [-0.1, -0.05) is 32.1 Å². The van der Waals surface area contributed by atoms with Gasteiger partial charge in [-0.05, 0) is 32.2 Å². The number of carbonyl (C=O) groups is 1. The number of carbonyl (C=O) groups excluding carboxylic acids is 1. The molecule has 1 saturated carbocycles. The minimum Gasteiger partial charge on any atom is -0.376 e. The minimum atomic E-state index is 0.0113. The molecule has 2 fully saturated rings. The molecule has 1 unspecified atom stereocenters. The Bertz CT molecular complexity index is 257. The molecule has 2 N–H and O–H groups in total. The first-order valence-electron chi connectivity index (χ1n) is 7.99. The van der Waals surface area contributed by atoms with Crippen LogP contribution in [0.3, 0.4) is 0 Å². The fraction of sp³-hybridized carbons (Fsp3) is 0.933. The molecule has 1 atom stereocenters. The van der Waals surface area contributed by atoms with Crippen LogP contribution in [0.5, 0.6) is 0 Å². The van der Waals surface area contributed by atoms with Gasteiger partial charge in [-0.25, -0.2) is 0 Å². The SMILES string of the molecule is O=C(NCCOC1CCCCC1)C1CCCCCN1. The molecule has 110 valence electrons. The molecule has 1 aliphatic carbocycles. The molecular weight excluding hydrogens is 240 g/mol. The van der Waals surface area contributed by atoms with Crippen molar-refractivity contribution in [2.45, 2.75) is 69.9 Å². The average molecular weight is 268 g/mol. The highest BCUT2D eigenvalue weighted by Gasteiger charge is 2.19. The number of rotatable bonds is 5. The number of nitrogens with one attached hydrogen (secondary N) is 2. The van der Waals surface area contributed by atoms with Crippen LogP contribution in [-0.2, 0) is 9.53 Å². The summed E-state index contributed by atoms with van der Waals surface area (Å²) in [7, 11) is 0. The van der Waals surface area contributed by atoms with E-state index in [0.717, 1.165) is 19.4 Å². The van der Waals surface area contributed by atoms with Gasteiger partial charge in [0.2, 0.25) is 5.91 Å². The van der Waals surface area contributed by atoms with E-state index in [1.54, 1.807) is 0 Å². The van der Waals surface area contributed by atoms with Crippen molar-refractivity contribution in [3.05, 3.63) is 0 Å². The van der Waals surface area contributed by atoms with Gasteiger partial charge in [0.05, 0.1) is 18.8 Å². The molecule has 0 aromatic carbocycles. The van der Waals surface area contributed by atoms with Crippen molar-refractivity contribution < 1.29 is 9.53 Å². The lowest BCUT2D eigenvalue weighted by Crippen LogP contribution is -2.44. The zero-order valence-corrected chi connectivity index (χ0v) is 12.0. The maximum Gasteiger partial charge on any atom is 0.237 e. The largest absolute Gasteiger partial charge is 0.376 e. The molecule has 2 rings (SSSR count). The highest BCUT2D eigenvalue weighted by Crippen LogP contribution is 2.19. The molecule has 4 heteroatoms. The summed E-state index contributed by atoms with van der Waals surface area (Å²) < 4.78 is 5.81. The summed E-state index contributed by atoms with van der Waals surface area (Å²) in [5.41, 5.74) is 0. The fourth-order valence-corrected chi connectivity index (χ4v) is 3.01. The molecular formula is C15H28N2O2. The lowest BCUT2D eigenvalue weighted by atomic mass is 9.98. The second kappa shape index (κ2) is 8.54. The van der Waals surface area contributed by atoms with E-state index in [-0.39, 0.29) is 11.9 Å². The minimum absolute atomic E-state index is 0.0113. The smallest absolute Gasteiger partial charge is 0.237 e. The number of hydrogen-bond donors (Lipinski definition) is 2. The van der Waals surface area contributed by atoms with Gasteiger partial charge in [0.1, 0.15) is 0 Å². The first-order valence-corrected chi connectivity index (χ1v) is 7.99. The Morgan fingerprint density at radius 3 is 2.63 bits per heavy atom. The topological polar surface area (TPSA) is 50.4 Å². The second-order valence-corrected chi connectivity index (χ2v) is 5.78. The van der Waals surface area contributed by atoms with E-state index in [9.17, 15) is 4.79 Å². The van der Waals surface area contributed by atoms with Crippen molar-refractivity contribution in [2.24, 2.45) is 0 Å². The van der Waals surface area contributed by atoms with Gasteiger partial charge in [-0.15, -0.1) is 0 Å². The Morgan fingerprint density at radius 1 is 1.05 bits per heavy atom. The summed E-state index contributed by atoms with van der Waals surface area (Å²) in [6, 6.07) is 0.0113. The third-order valence-corrected chi connectivity index (χ3v) is 4.18. The molecule has 1 saturated heterocycles. The number of hydrogen-bond acceptors (Lipinski definition) is 3. The predicted octanol–water partition coefficient (Wildman–Crippen LogP) is 1.98. The summed E-state index contributed by atoms with van der Waals surface area (Å²) in [5, 5.41) is 6.31. The van der Waals surface area contributed by atoms with Gasteiger partial charge in [0.15, 0.2) is 0 Å². The highest BCUT2D eigenvalue weighted by molar-refractivity contribution is 5.81. The Balaban J connectivity index is 1.55. The van der Waals surface area contributed by atoms with Gasteiger partial charge in [-0.2, -0.15) is 0 Å². The summed E-state index contributed by atoms with van der Waals surface area (Å²) in [6.45, 7) is 2.27. The van der Waals surface area contributed by atoms with Gasteiger partial charge in [0.25, 0.3) is 0 Å². The highest BCUT2D eigenvalue weighted by atomic mass is 16.5. The molecule has 1 heterocycles. The van der Waals surface area contributed by atoms with Crippen LogP contribution in [-0.4, -0.2) is 37.7 Å². The fourth-order valence-electron chi connectivity index (χ4n) is 3.01. The monoisotopic (exact) mass is 268 g/mol. The van der Waals surface area contributed by atoms with E-state index >= 15 is 0 Å². The van der Waals surface area contributed by atoms with Crippen LogP contribution in [0.15, 0.2) is 0 Å².